The maximum absolute atomic E-state index is 13.4. The fourth-order valence-corrected chi connectivity index (χ4v) is 1.66. The lowest BCUT2D eigenvalue weighted by molar-refractivity contribution is -0.138. The van der Waals surface area contributed by atoms with Crippen LogP contribution in [0.25, 0.3) is 6.08 Å². The highest BCUT2D eigenvalue weighted by Crippen LogP contribution is 2.18. The number of amides is 1. The van der Waals surface area contributed by atoms with E-state index in [2.05, 4.69) is 5.32 Å². The number of benzene rings is 1. The predicted octanol–water partition coefficient (Wildman–Crippen LogP) is 2.07. The highest BCUT2D eigenvalue weighted by Gasteiger charge is 2.08. The monoisotopic (exact) mass is 295 g/mol. The summed E-state index contributed by atoms with van der Waals surface area (Å²) >= 11 is 0. The number of halogens is 1. The number of hydrogen-bond donors (Lipinski definition) is 2. The highest BCUT2D eigenvalue weighted by atomic mass is 19.1. The van der Waals surface area contributed by atoms with Crippen LogP contribution in [0.2, 0.25) is 0 Å². The fraction of sp³-hybridized carbons (Fsp3) is 0.333. The second-order valence-electron chi connectivity index (χ2n) is 4.68. The van der Waals surface area contributed by atoms with Crippen molar-refractivity contribution in [1.82, 2.24) is 5.32 Å². The van der Waals surface area contributed by atoms with Crippen molar-refractivity contribution >= 4 is 18.0 Å². The Labute approximate surface area is 122 Å². The Balaban J connectivity index is 2.50. The van der Waals surface area contributed by atoms with Crippen molar-refractivity contribution in [3.8, 4) is 5.75 Å². The van der Waals surface area contributed by atoms with Crippen LogP contribution in [0.5, 0.6) is 5.75 Å². The fourth-order valence-electron chi connectivity index (χ4n) is 1.66. The molecule has 0 aliphatic heterocycles. The molecule has 0 fully saturated rings. The Morgan fingerprint density at radius 2 is 2.19 bits per heavy atom. The van der Waals surface area contributed by atoms with Crippen LogP contribution >= 0.6 is 0 Å². The number of aliphatic carboxylic acids is 1. The molecule has 0 radical (unpaired) electrons. The summed E-state index contributed by atoms with van der Waals surface area (Å²) in [7, 11) is 1.37. The molecule has 114 valence electrons. The summed E-state index contributed by atoms with van der Waals surface area (Å²) in [5, 5.41) is 11.2. The molecule has 0 saturated carbocycles. The van der Waals surface area contributed by atoms with Gasteiger partial charge in [0.05, 0.1) is 7.11 Å². The van der Waals surface area contributed by atoms with Gasteiger partial charge in [-0.2, -0.15) is 0 Å². The van der Waals surface area contributed by atoms with Crippen LogP contribution in [0.1, 0.15) is 18.9 Å². The van der Waals surface area contributed by atoms with Gasteiger partial charge >= 0.3 is 5.97 Å². The first kappa shape index (κ1) is 16.7. The maximum Gasteiger partial charge on any atom is 0.303 e. The van der Waals surface area contributed by atoms with E-state index in [-0.39, 0.29) is 30.5 Å². The van der Waals surface area contributed by atoms with Crippen molar-refractivity contribution < 1.29 is 23.8 Å². The number of methoxy groups -OCH3 is 1. The van der Waals surface area contributed by atoms with Gasteiger partial charge in [0.25, 0.3) is 0 Å². The van der Waals surface area contributed by atoms with Crippen LogP contribution in [-0.4, -0.2) is 30.6 Å². The smallest absolute Gasteiger partial charge is 0.303 e. The summed E-state index contributed by atoms with van der Waals surface area (Å²) in [6.07, 6.45) is 2.74. The molecular weight excluding hydrogens is 277 g/mol. The minimum Gasteiger partial charge on any atom is -0.494 e. The molecule has 0 bridgehead atoms. The molecule has 0 aromatic heterocycles. The zero-order valence-corrected chi connectivity index (χ0v) is 11.9. The van der Waals surface area contributed by atoms with E-state index in [1.54, 1.807) is 13.0 Å². The lowest BCUT2D eigenvalue weighted by Gasteiger charge is -2.08. The van der Waals surface area contributed by atoms with E-state index in [1.165, 1.54) is 31.4 Å². The first-order valence-electron chi connectivity index (χ1n) is 6.43. The molecule has 2 N–H and O–H groups in total. The minimum absolute atomic E-state index is 0.00626. The summed E-state index contributed by atoms with van der Waals surface area (Å²) < 4.78 is 18.2. The van der Waals surface area contributed by atoms with Crippen molar-refractivity contribution in [3.63, 3.8) is 0 Å². The predicted molar refractivity (Wildman–Crippen MR) is 76.4 cm³/mol. The second-order valence-corrected chi connectivity index (χ2v) is 4.68. The lowest BCUT2D eigenvalue weighted by atomic mass is 10.1. The van der Waals surface area contributed by atoms with Gasteiger partial charge in [0.15, 0.2) is 11.6 Å². The van der Waals surface area contributed by atoms with E-state index >= 15 is 0 Å². The largest absolute Gasteiger partial charge is 0.494 e. The number of carbonyl (C=O) groups is 2. The molecule has 0 saturated heterocycles. The molecule has 6 heteroatoms. The van der Waals surface area contributed by atoms with E-state index in [4.69, 9.17) is 9.84 Å². The quantitative estimate of drug-likeness (QED) is 0.755. The second kappa shape index (κ2) is 8.04. The Morgan fingerprint density at radius 3 is 2.76 bits per heavy atom. The highest BCUT2D eigenvalue weighted by molar-refractivity contribution is 5.91. The summed E-state index contributed by atoms with van der Waals surface area (Å²) in [4.78, 5) is 22.0. The maximum atomic E-state index is 13.4. The zero-order chi connectivity index (χ0) is 15.8. The van der Waals surface area contributed by atoms with Gasteiger partial charge in [-0.3, -0.25) is 9.59 Å². The number of carboxylic acids is 1. The molecule has 5 nitrogen and oxygen atoms in total. The van der Waals surface area contributed by atoms with Crippen LogP contribution in [-0.2, 0) is 9.59 Å². The van der Waals surface area contributed by atoms with Gasteiger partial charge < -0.3 is 15.2 Å². The van der Waals surface area contributed by atoms with Crippen molar-refractivity contribution in [3.05, 3.63) is 35.7 Å². The molecule has 1 aromatic carbocycles. The van der Waals surface area contributed by atoms with E-state index < -0.39 is 11.8 Å². The van der Waals surface area contributed by atoms with Crippen molar-refractivity contribution in [2.24, 2.45) is 5.92 Å². The Hall–Kier alpha value is -2.37. The molecule has 21 heavy (non-hydrogen) atoms. The Morgan fingerprint density at radius 1 is 1.48 bits per heavy atom. The molecule has 1 atom stereocenters. The SMILES string of the molecule is COc1ccc(/C=C/C(=O)NCC(C)CC(=O)O)cc1F. The summed E-state index contributed by atoms with van der Waals surface area (Å²) in [6, 6.07) is 4.36. The normalized spacial score (nSPS) is 12.1. The van der Waals surface area contributed by atoms with Gasteiger partial charge in [-0.15, -0.1) is 0 Å². The van der Waals surface area contributed by atoms with Crippen LogP contribution in [0.4, 0.5) is 4.39 Å². The van der Waals surface area contributed by atoms with E-state index in [0.29, 0.717) is 5.56 Å². The van der Waals surface area contributed by atoms with E-state index in [0.717, 1.165) is 0 Å². The summed E-state index contributed by atoms with van der Waals surface area (Å²) in [6.45, 7) is 2.00. The molecule has 1 amide bonds. The van der Waals surface area contributed by atoms with Crippen LogP contribution < -0.4 is 10.1 Å². The number of nitrogens with one attached hydrogen (secondary N) is 1. The Bertz CT molecular complexity index is 542. The summed E-state index contributed by atoms with van der Waals surface area (Å²) in [5.41, 5.74) is 0.530. The van der Waals surface area contributed by atoms with Crippen LogP contribution in [0, 0.1) is 11.7 Å². The molecular formula is C15H18FNO4. The van der Waals surface area contributed by atoms with Crippen molar-refractivity contribution in [2.75, 3.05) is 13.7 Å². The number of rotatable bonds is 7. The Kier molecular flexibility index (Phi) is 6.39. The van der Waals surface area contributed by atoms with Crippen molar-refractivity contribution in [1.29, 1.82) is 0 Å². The first-order valence-corrected chi connectivity index (χ1v) is 6.43. The van der Waals surface area contributed by atoms with E-state index in [1.807, 2.05) is 0 Å². The van der Waals surface area contributed by atoms with Crippen molar-refractivity contribution in [2.45, 2.75) is 13.3 Å². The summed E-state index contributed by atoms with van der Waals surface area (Å²) in [5.74, 6) is -1.78. The molecule has 0 spiro atoms. The number of carbonyl (C=O) groups excluding carboxylic acids is 1. The molecule has 0 heterocycles. The van der Waals surface area contributed by atoms with Gasteiger partial charge in [0.1, 0.15) is 0 Å². The lowest BCUT2D eigenvalue weighted by Crippen LogP contribution is -2.27. The average molecular weight is 295 g/mol. The van der Waals surface area contributed by atoms with E-state index in [9.17, 15) is 14.0 Å². The van der Waals surface area contributed by atoms with Gasteiger partial charge in [0, 0.05) is 19.0 Å². The third-order valence-electron chi connectivity index (χ3n) is 2.75. The number of hydrogen-bond acceptors (Lipinski definition) is 3. The van der Waals surface area contributed by atoms with Gasteiger partial charge in [-0.05, 0) is 29.7 Å². The molecule has 1 rings (SSSR count). The zero-order valence-electron chi connectivity index (χ0n) is 11.9. The number of ether oxygens (including phenoxy) is 1. The molecule has 0 aliphatic carbocycles. The molecule has 1 aromatic rings. The first-order chi connectivity index (χ1) is 9.92. The molecule has 0 aliphatic rings. The third kappa shape index (κ3) is 6.07. The number of carboxylic acid groups (broad SMARTS) is 1. The van der Waals surface area contributed by atoms with Crippen LogP contribution in [0.3, 0.4) is 0 Å². The molecule has 1 unspecified atom stereocenters. The van der Waals surface area contributed by atoms with Gasteiger partial charge in [0.2, 0.25) is 5.91 Å². The van der Waals surface area contributed by atoms with Gasteiger partial charge in [-0.1, -0.05) is 13.0 Å². The van der Waals surface area contributed by atoms with Crippen LogP contribution in [0.15, 0.2) is 24.3 Å². The van der Waals surface area contributed by atoms with Gasteiger partial charge in [-0.25, -0.2) is 4.39 Å². The topological polar surface area (TPSA) is 75.6 Å². The standard InChI is InChI=1S/C15H18FNO4/c1-10(7-15(19)20)9-17-14(18)6-4-11-3-5-13(21-2)12(16)8-11/h3-6,8,10H,7,9H2,1-2H3,(H,17,18)(H,19,20)/b6-4+. The third-order valence-corrected chi connectivity index (χ3v) is 2.75. The average Bonchev–Trinajstić information content (AvgIpc) is 2.42. The minimum atomic E-state index is -0.902.